The second kappa shape index (κ2) is 4.98. The van der Waals surface area contributed by atoms with Gasteiger partial charge in [0, 0.05) is 0 Å². The standard InChI is InChI=1S/C9H4O2/c1-3-4-5-6-7-8(2)9(10)11/h1-2,8H,(H,10,11). The van der Waals surface area contributed by atoms with E-state index in [1.54, 1.807) is 0 Å². The van der Waals surface area contributed by atoms with Crippen molar-refractivity contribution in [3.8, 4) is 36.0 Å². The van der Waals surface area contributed by atoms with E-state index in [1.165, 1.54) is 0 Å². The van der Waals surface area contributed by atoms with Gasteiger partial charge in [0.1, 0.15) is 5.92 Å². The summed E-state index contributed by atoms with van der Waals surface area (Å²) in [5.41, 5.74) is 0. The summed E-state index contributed by atoms with van der Waals surface area (Å²) < 4.78 is 0. The maximum atomic E-state index is 10.0. The molecule has 0 amide bonds. The van der Waals surface area contributed by atoms with Crippen molar-refractivity contribution in [2.24, 2.45) is 5.92 Å². The van der Waals surface area contributed by atoms with Gasteiger partial charge in [0.2, 0.25) is 0 Å². The highest BCUT2D eigenvalue weighted by Gasteiger charge is 2.04. The van der Waals surface area contributed by atoms with E-state index in [4.69, 9.17) is 18.5 Å². The number of rotatable bonds is 1. The van der Waals surface area contributed by atoms with Gasteiger partial charge in [0.25, 0.3) is 0 Å². The van der Waals surface area contributed by atoms with Crippen LogP contribution in [0.5, 0.6) is 0 Å². The average molecular weight is 144 g/mol. The number of carboxylic acid groups (broad SMARTS) is 1. The Labute approximate surface area is 65.6 Å². The van der Waals surface area contributed by atoms with Crippen molar-refractivity contribution >= 4 is 5.97 Å². The highest BCUT2D eigenvalue weighted by molar-refractivity contribution is 5.74. The number of carboxylic acids is 1. The first-order valence-corrected chi connectivity index (χ1v) is 2.63. The predicted molar refractivity (Wildman–Crippen MR) is 39.8 cm³/mol. The Balaban J connectivity index is 4.11. The highest BCUT2D eigenvalue weighted by atomic mass is 16.4. The number of aliphatic carboxylic acids is 1. The molecular weight excluding hydrogens is 140 g/mol. The fraction of sp³-hybridized carbons (Fsp3) is 0.111. The molecule has 1 atom stereocenters. The van der Waals surface area contributed by atoms with E-state index < -0.39 is 11.9 Å². The minimum Gasteiger partial charge on any atom is -0.480 e. The lowest BCUT2D eigenvalue weighted by Crippen LogP contribution is -2.06. The second-order valence-corrected chi connectivity index (χ2v) is 1.48. The summed E-state index contributed by atoms with van der Waals surface area (Å²) in [5, 5.41) is 8.22. The van der Waals surface area contributed by atoms with Gasteiger partial charge in [-0.1, -0.05) is 5.92 Å². The first kappa shape index (κ1) is 9.15. The maximum Gasteiger partial charge on any atom is 0.319 e. The molecule has 0 saturated heterocycles. The lowest BCUT2D eigenvalue weighted by atomic mass is 10.2. The molecule has 0 aliphatic rings. The molecule has 2 nitrogen and oxygen atoms in total. The lowest BCUT2D eigenvalue weighted by molar-refractivity contribution is -0.138. The molecule has 0 bridgehead atoms. The molecule has 0 aromatic rings. The monoisotopic (exact) mass is 144 g/mol. The van der Waals surface area contributed by atoms with Crippen LogP contribution in [0.3, 0.4) is 0 Å². The van der Waals surface area contributed by atoms with E-state index in [9.17, 15) is 4.79 Å². The largest absolute Gasteiger partial charge is 0.480 e. The van der Waals surface area contributed by atoms with Crippen LogP contribution in [-0.4, -0.2) is 11.1 Å². The number of hydrogen-bond acceptors (Lipinski definition) is 1. The van der Waals surface area contributed by atoms with Crippen LogP contribution in [0, 0.1) is 48.9 Å². The van der Waals surface area contributed by atoms with E-state index in [2.05, 4.69) is 23.7 Å². The number of carbonyl (C=O) groups is 1. The van der Waals surface area contributed by atoms with Crippen molar-refractivity contribution in [3.05, 3.63) is 6.92 Å². The maximum absolute atomic E-state index is 10.0. The predicted octanol–water partition coefficient (Wildman–Crippen LogP) is 0.0383. The van der Waals surface area contributed by atoms with Crippen LogP contribution in [0.2, 0.25) is 0 Å². The Kier molecular flexibility index (Phi) is 4.14. The minimum atomic E-state index is -1.19. The Morgan fingerprint density at radius 2 is 2.00 bits per heavy atom. The molecule has 0 aromatic heterocycles. The van der Waals surface area contributed by atoms with Crippen LogP contribution in [0.15, 0.2) is 0 Å². The van der Waals surface area contributed by atoms with Gasteiger partial charge in [-0.15, -0.1) is 6.42 Å². The van der Waals surface area contributed by atoms with E-state index in [-0.39, 0.29) is 0 Å². The van der Waals surface area contributed by atoms with Crippen molar-refractivity contribution in [2.45, 2.75) is 0 Å². The van der Waals surface area contributed by atoms with Gasteiger partial charge in [0.05, 0.1) is 0 Å². The van der Waals surface area contributed by atoms with Crippen molar-refractivity contribution in [3.63, 3.8) is 0 Å². The SMILES string of the molecule is [CH]C(C#CC#CC#C)C(=O)O. The van der Waals surface area contributed by atoms with Crippen molar-refractivity contribution < 1.29 is 9.90 Å². The van der Waals surface area contributed by atoms with Crippen molar-refractivity contribution in [2.75, 3.05) is 0 Å². The molecular formula is C9H4O2. The fourth-order valence-electron chi connectivity index (χ4n) is 0.243. The van der Waals surface area contributed by atoms with Gasteiger partial charge in [-0.25, -0.2) is 0 Å². The zero-order chi connectivity index (χ0) is 8.69. The molecule has 0 aliphatic heterocycles. The quantitative estimate of drug-likeness (QED) is 0.527. The summed E-state index contributed by atoms with van der Waals surface area (Å²) in [7, 11) is 0. The summed E-state index contributed by atoms with van der Waals surface area (Å²) in [5.74, 6) is 8.46. The van der Waals surface area contributed by atoms with E-state index >= 15 is 0 Å². The Morgan fingerprint density at radius 1 is 1.36 bits per heavy atom. The summed E-state index contributed by atoms with van der Waals surface area (Å²) in [6, 6.07) is 0. The molecule has 1 unspecified atom stereocenters. The van der Waals surface area contributed by atoms with Gasteiger partial charge in [-0.3, -0.25) is 4.79 Å². The molecule has 52 valence electrons. The third-order valence-electron chi connectivity index (χ3n) is 0.691. The summed E-state index contributed by atoms with van der Waals surface area (Å²) >= 11 is 0. The highest BCUT2D eigenvalue weighted by Crippen LogP contribution is 1.88. The Hall–Kier alpha value is -1.85. The number of terminal acetylenes is 1. The molecule has 0 fully saturated rings. The summed E-state index contributed by atoms with van der Waals surface area (Å²) in [6.07, 6.45) is 4.77. The summed E-state index contributed by atoms with van der Waals surface area (Å²) in [6.45, 7) is 5.01. The first-order chi connectivity index (χ1) is 5.18. The van der Waals surface area contributed by atoms with Crippen LogP contribution in [0.25, 0.3) is 0 Å². The van der Waals surface area contributed by atoms with Gasteiger partial charge in [-0.2, -0.15) is 0 Å². The lowest BCUT2D eigenvalue weighted by Gasteiger charge is -1.89. The van der Waals surface area contributed by atoms with Crippen molar-refractivity contribution in [1.29, 1.82) is 0 Å². The molecule has 0 heterocycles. The molecule has 0 aliphatic carbocycles. The number of hydrogen-bond donors (Lipinski definition) is 1. The Morgan fingerprint density at radius 3 is 2.45 bits per heavy atom. The smallest absolute Gasteiger partial charge is 0.319 e. The molecule has 2 heteroatoms. The normalized spacial score (nSPS) is 9.09. The summed E-state index contributed by atoms with van der Waals surface area (Å²) in [4.78, 5) is 10.0. The van der Waals surface area contributed by atoms with Gasteiger partial charge in [-0.05, 0) is 30.6 Å². The van der Waals surface area contributed by atoms with Crippen LogP contribution in [-0.2, 0) is 4.79 Å². The molecule has 1 N–H and O–H groups in total. The van der Waals surface area contributed by atoms with Gasteiger partial charge < -0.3 is 5.11 Å². The molecule has 11 heavy (non-hydrogen) atoms. The minimum absolute atomic E-state index is 1.18. The van der Waals surface area contributed by atoms with E-state index in [0.717, 1.165) is 0 Å². The van der Waals surface area contributed by atoms with Crippen molar-refractivity contribution in [1.82, 2.24) is 0 Å². The van der Waals surface area contributed by atoms with Crippen LogP contribution >= 0.6 is 0 Å². The zero-order valence-electron chi connectivity index (χ0n) is 5.59. The fourth-order valence-corrected chi connectivity index (χ4v) is 0.243. The van der Waals surface area contributed by atoms with Gasteiger partial charge >= 0.3 is 5.97 Å². The third-order valence-corrected chi connectivity index (χ3v) is 0.691. The molecule has 2 radical (unpaired) electrons. The molecule has 0 aromatic carbocycles. The van der Waals surface area contributed by atoms with Gasteiger partial charge in [0.15, 0.2) is 0 Å². The molecule has 0 spiro atoms. The van der Waals surface area contributed by atoms with Crippen LogP contribution in [0.4, 0.5) is 0 Å². The third kappa shape index (κ3) is 4.64. The molecule has 0 rings (SSSR count). The topological polar surface area (TPSA) is 37.3 Å². The Bertz CT molecular complexity index is 298. The first-order valence-electron chi connectivity index (χ1n) is 2.63. The van der Waals surface area contributed by atoms with E-state index in [0.29, 0.717) is 0 Å². The zero-order valence-corrected chi connectivity index (χ0v) is 5.59. The molecule has 0 saturated carbocycles. The van der Waals surface area contributed by atoms with Crippen LogP contribution < -0.4 is 0 Å². The average Bonchev–Trinajstić information content (AvgIpc) is 1.97. The van der Waals surface area contributed by atoms with Crippen LogP contribution in [0.1, 0.15) is 0 Å². The second-order valence-electron chi connectivity index (χ2n) is 1.48. The van der Waals surface area contributed by atoms with E-state index in [1.807, 2.05) is 5.92 Å².